The highest BCUT2D eigenvalue weighted by atomic mass is 16.7. The second-order valence-corrected chi connectivity index (χ2v) is 26.2. The number of nitrogens with zero attached hydrogens (tertiary/aromatic N) is 1. The lowest BCUT2D eigenvalue weighted by molar-refractivity contribution is -0.870. The normalized spacial score (nSPS) is 12.7. The minimum Gasteiger partial charge on any atom is -0.545 e. The van der Waals surface area contributed by atoms with Crippen LogP contribution in [0.2, 0.25) is 0 Å². The van der Waals surface area contributed by atoms with Gasteiger partial charge in [-0.25, -0.2) is 0 Å². The number of carboxylic acid groups (broad SMARTS) is 1. The van der Waals surface area contributed by atoms with Crippen molar-refractivity contribution < 1.29 is 42.9 Å². The van der Waals surface area contributed by atoms with Gasteiger partial charge in [0.15, 0.2) is 12.4 Å². The first-order valence-corrected chi connectivity index (χ1v) is 36.5. The van der Waals surface area contributed by atoms with Gasteiger partial charge in [-0.3, -0.25) is 9.59 Å². The van der Waals surface area contributed by atoms with Crippen LogP contribution in [0.1, 0.15) is 373 Å². The Labute approximate surface area is 516 Å². The van der Waals surface area contributed by atoms with Gasteiger partial charge in [0.2, 0.25) is 0 Å². The zero-order valence-corrected chi connectivity index (χ0v) is 56.1. The lowest BCUT2D eigenvalue weighted by Crippen LogP contribution is -2.44. The summed E-state index contributed by atoms with van der Waals surface area (Å²) in [4.78, 5) is 37.5. The molecule has 9 nitrogen and oxygen atoms in total. The molecule has 0 saturated carbocycles. The predicted molar refractivity (Wildman–Crippen MR) is 353 cm³/mol. The van der Waals surface area contributed by atoms with Crippen LogP contribution in [0.5, 0.6) is 0 Å². The smallest absolute Gasteiger partial charge is 0.306 e. The molecule has 0 aliphatic heterocycles. The molecule has 0 aromatic carbocycles. The number of unbranched alkanes of at least 4 members (excludes halogenated alkanes) is 50. The van der Waals surface area contributed by atoms with Gasteiger partial charge in [-0.15, -0.1) is 0 Å². The molecule has 0 rings (SSSR count). The number of aliphatic carboxylic acids is 1. The van der Waals surface area contributed by atoms with E-state index >= 15 is 0 Å². The van der Waals surface area contributed by atoms with Gasteiger partial charge in [0, 0.05) is 12.8 Å². The van der Waals surface area contributed by atoms with E-state index < -0.39 is 24.3 Å². The number of allylic oxidation sites excluding steroid dienone is 4. The van der Waals surface area contributed by atoms with Gasteiger partial charge in [0.1, 0.15) is 13.2 Å². The van der Waals surface area contributed by atoms with Crippen molar-refractivity contribution in [3.05, 3.63) is 24.3 Å². The standard InChI is InChI=1S/C74H141NO8/c1-6-8-10-12-14-16-18-20-22-24-26-28-30-32-34-36-38-40-42-44-46-48-50-52-54-56-58-60-62-64-71(76)81-68-70(69-82-74(73(78)79)80-67-66-75(3,4)5)83-72(77)65-63-61-59-57-55-53-51-49-47-45-43-41-39-37-35-33-31-29-27-25-23-21-19-17-15-13-11-9-7-2/h24-27,70,74H,6-23,28-69H2,1-5H3/b26-24-,27-25-. The van der Waals surface area contributed by atoms with Crippen molar-refractivity contribution in [3.8, 4) is 0 Å². The van der Waals surface area contributed by atoms with Crippen molar-refractivity contribution in [3.63, 3.8) is 0 Å². The Morgan fingerprint density at radius 2 is 0.614 bits per heavy atom. The number of hydrogen-bond donors (Lipinski definition) is 0. The number of ether oxygens (including phenoxy) is 4. The lowest BCUT2D eigenvalue weighted by atomic mass is 10.0. The molecular formula is C74H141NO8. The fourth-order valence-electron chi connectivity index (χ4n) is 11.1. The number of rotatable bonds is 69. The lowest BCUT2D eigenvalue weighted by Gasteiger charge is -2.26. The second-order valence-electron chi connectivity index (χ2n) is 26.2. The van der Waals surface area contributed by atoms with Crippen molar-refractivity contribution in [2.24, 2.45) is 0 Å². The van der Waals surface area contributed by atoms with Gasteiger partial charge in [-0.2, -0.15) is 0 Å². The van der Waals surface area contributed by atoms with Crippen molar-refractivity contribution in [1.82, 2.24) is 0 Å². The van der Waals surface area contributed by atoms with E-state index in [9.17, 15) is 19.5 Å². The van der Waals surface area contributed by atoms with Crippen LogP contribution in [0, 0.1) is 0 Å². The largest absolute Gasteiger partial charge is 0.545 e. The predicted octanol–water partition coefficient (Wildman–Crippen LogP) is 21.3. The van der Waals surface area contributed by atoms with Crippen molar-refractivity contribution in [1.29, 1.82) is 0 Å². The maximum atomic E-state index is 12.9. The maximum Gasteiger partial charge on any atom is 0.306 e. The third-order valence-corrected chi connectivity index (χ3v) is 16.7. The van der Waals surface area contributed by atoms with Gasteiger partial charge < -0.3 is 33.3 Å². The molecule has 0 aromatic rings. The summed E-state index contributed by atoms with van der Waals surface area (Å²) in [5.41, 5.74) is 0. The molecular weight excluding hydrogens is 1030 g/mol. The average Bonchev–Trinajstić information content (AvgIpc) is 3.47. The van der Waals surface area contributed by atoms with Crippen LogP contribution in [0.3, 0.4) is 0 Å². The third-order valence-electron chi connectivity index (χ3n) is 16.7. The fraction of sp³-hybridized carbons (Fsp3) is 0.905. The molecule has 0 aromatic heterocycles. The van der Waals surface area contributed by atoms with E-state index in [0.717, 1.165) is 38.5 Å². The van der Waals surface area contributed by atoms with Crippen LogP contribution in [0.4, 0.5) is 0 Å². The van der Waals surface area contributed by atoms with Crippen molar-refractivity contribution >= 4 is 17.9 Å². The minimum absolute atomic E-state index is 0.151. The minimum atomic E-state index is -1.62. The van der Waals surface area contributed by atoms with Crippen LogP contribution in [-0.4, -0.2) is 82.3 Å². The number of carbonyl (C=O) groups excluding carboxylic acids is 3. The van der Waals surface area contributed by atoms with Gasteiger partial charge in [0.25, 0.3) is 0 Å². The summed E-state index contributed by atoms with van der Waals surface area (Å²) < 4.78 is 22.8. The quantitative estimate of drug-likeness (QED) is 0.0195. The molecule has 0 bridgehead atoms. The average molecular weight is 1170 g/mol. The molecule has 0 fully saturated rings. The van der Waals surface area contributed by atoms with E-state index in [0.29, 0.717) is 17.4 Å². The molecule has 0 N–H and O–H groups in total. The molecule has 0 amide bonds. The monoisotopic (exact) mass is 1170 g/mol. The van der Waals surface area contributed by atoms with Crippen LogP contribution in [0.25, 0.3) is 0 Å². The molecule has 0 aliphatic carbocycles. The van der Waals surface area contributed by atoms with E-state index in [1.165, 1.54) is 308 Å². The first-order valence-electron chi connectivity index (χ1n) is 36.5. The van der Waals surface area contributed by atoms with Gasteiger partial charge >= 0.3 is 11.9 Å². The summed E-state index contributed by atoms with van der Waals surface area (Å²) in [6.07, 6.45) is 78.5. The highest BCUT2D eigenvalue weighted by Gasteiger charge is 2.22. The molecule has 0 saturated heterocycles. The molecule has 0 radical (unpaired) electrons. The Kier molecular flexibility index (Phi) is 64.0. The Hall–Kier alpha value is -2.23. The van der Waals surface area contributed by atoms with Gasteiger partial charge in [0.05, 0.1) is 40.3 Å². The number of hydrogen-bond acceptors (Lipinski definition) is 8. The molecule has 9 heteroatoms. The first-order chi connectivity index (χ1) is 40.6. The number of carbonyl (C=O) groups is 3. The third kappa shape index (κ3) is 67.1. The van der Waals surface area contributed by atoms with Crippen molar-refractivity contribution in [2.45, 2.75) is 386 Å². The van der Waals surface area contributed by atoms with Crippen LogP contribution < -0.4 is 5.11 Å². The summed E-state index contributed by atoms with van der Waals surface area (Å²) in [5.74, 6) is -2.25. The zero-order chi connectivity index (χ0) is 60.5. The Morgan fingerprint density at radius 3 is 0.892 bits per heavy atom. The van der Waals surface area contributed by atoms with Gasteiger partial charge in [-0.05, 0) is 64.2 Å². The molecule has 2 unspecified atom stereocenters. The van der Waals surface area contributed by atoms with E-state index in [2.05, 4.69) is 38.2 Å². The van der Waals surface area contributed by atoms with E-state index in [4.69, 9.17) is 18.9 Å². The zero-order valence-electron chi connectivity index (χ0n) is 56.1. The highest BCUT2D eigenvalue weighted by Crippen LogP contribution is 2.19. The SMILES string of the molecule is CCCCCCCCCC/C=C\CCCCCCCCCCCCCCCCCCCC(=O)OCC(COC(OCC[N+](C)(C)C)C(=O)[O-])OC(=O)CCCCCCCCCCCCCCCCCCC/C=C\CCCCCCCCCC. The number of likely N-dealkylation sites (N-methyl/N-ethyl adjacent to an activating group) is 1. The second kappa shape index (κ2) is 65.7. The van der Waals surface area contributed by atoms with Crippen LogP contribution in [0.15, 0.2) is 24.3 Å². The number of carboxylic acids is 1. The Morgan fingerprint density at radius 1 is 0.349 bits per heavy atom. The molecule has 0 spiro atoms. The molecule has 2 atom stereocenters. The first kappa shape index (κ1) is 80.8. The summed E-state index contributed by atoms with van der Waals surface area (Å²) in [6.45, 7) is 4.82. The van der Waals surface area contributed by atoms with E-state index in [1.807, 2.05) is 21.1 Å². The Balaban J connectivity index is 4.04. The van der Waals surface area contributed by atoms with E-state index in [1.54, 1.807) is 0 Å². The summed E-state index contributed by atoms with van der Waals surface area (Å²) >= 11 is 0. The summed E-state index contributed by atoms with van der Waals surface area (Å²) in [7, 11) is 5.95. The van der Waals surface area contributed by atoms with Crippen LogP contribution in [-0.2, 0) is 33.3 Å². The van der Waals surface area contributed by atoms with Gasteiger partial charge in [-0.1, -0.05) is 321 Å². The number of esters is 2. The molecule has 0 heterocycles. The highest BCUT2D eigenvalue weighted by molar-refractivity contribution is 5.70. The Bertz CT molecular complexity index is 1410. The summed E-state index contributed by atoms with van der Waals surface area (Å²) in [5, 5.41) is 11.8. The van der Waals surface area contributed by atoms with Crippen LogP contribution >= 0.6 is 0 Å². The fourth-order valence-corrected chi connectivity index (χ4v) is 11.1. The number of quaternary nitrogens is 1. The van der Waals surface area contributed by atoms with Crippen molar-refractivity contribution in [2.75, 3.05) is 47.5 Å². The topological polar surface area (TPSA) is 111 Å². The van der Waals surface area contributed by atoms with E-state index in [-0.39, 0.29) is 32.2 Å². The molecule has 0 aliphatic rings. The maximum absolute atomic E-state index is 12.9. The molecule has 490 valence electrons. The molecule has 83 heavy (non-hydrogen) atoms. The summed E-state index contributed by atoms with van der Waals surface area (Å²) in [6, 6.07) is 0.